The number of para-hydroxylation sites is 1. The fourth-order valence-corrected chi connectivity index (χ4v) is 4.69. The zero-order chi connectivity index (χ0) is 20.1. The van der Waals surface area contributed by atoms with Gasteiger partial charge in [-0.05, 0) is 43.0 Å². The van der Waals surface area contributed by atoms with E-state index in [9.17, 15) is 10.1 Å². The van der Waals surface area contributed by atoms with Gasteiger partial charge in [0, 0.05) is 23.3 Å². The number of hydrogen-bond acceptors (Lipinski definition) is 5. The van der Waals surface area contributed by atoms with Gasteiger partial charge in [-0.15, -0.1) is 0 Å². The summed E-state index contributed by atoms with van der Waals surface area (Å²) in [4.78, 5) is 19.8. The molecule has 0 aromatic heterocycles. The fourth-order valence-electron chi connectivity index (χ4n) is 4.69. The summed E-state index contributed by atoms with van der Waals surface area (Å²) in [6, 6.07) is 18.1. The van der Waals surface area contributed by atoms with Crippen molar-refractivity contribution in [3.63, 3.8) is 0 Å². The first kappa shape index (κ1) is 17.4. The van der Waals surface area contributed by atoms with Crippen molar-refractivity contribution in [1.29, 1.82) is 5.26 Å². The van der Waals surface area contributed by atoms with Crippen molar-refractivity contribution in [2.75, 3.05) is 4.90 Å². The van der Waals surface area contributed by atoms with Gasteiger partial charge >= 0.3 is 0 Å². The molecule has 3 aliphatic rings. The first-order valence-electron chi connectivity index (χ1n) is 9.81. The van der Waals surface area contributed by atoms with Crippen LogP contribution in [0.1, 0.15) is 41.9 Å². The molecular formula is C24H20N4O. The van der Waals surface area contributed by atoms with Gasteiger partial charge in [-0.3, -0.25) is 9.69 Å². The van der Waals surface area contributed by atoms with Crippen LogP contribution < -0.4 is 10.6 Å². The van der Waals surface area contributed by atoms with Gasteiger partial charge in [0.1, 0.15) is 5.84 Å². The van der Waals surface area contributed by atoms with E-state index in [1.54, 1.807) is 0 Å². The van der Waals surface area contributed by atoms with E-state index in [0.29, 0.717) is 23.7 Å². The number of anilines is 1. The lowest BCUT2D eigenvalue weighted by Gasteiger charge is -2.42. The highest BCUT2D eigenvalue weighted by Crippen LogP contribution is 2.49. The summed E-state index contributed by atoms with van der Waals surface area (Å²) in [5.41, 5.74) is 12.2. The van der Waals surface area contributed by atoms with Crippen LogP contribution in [0.15, 0.2) is 76.2 Å². The fraction of sp³-hybridized carbons (Fsp3) is 0.208. The average Bonchev–Trinajstić information content (AvgIpc) is 2.73. The van der Waals surface area contributed by atoms with Gasteiger partial charge in [0.05, 0.1) is 23.2 Å². The number of rotatable bonds is 1. The molecule has 0 amide bonds. The van der Waals surface area contributed by atoms with Crippen molar-refractivity contribution < 1.29 is 4.79 Å². The van der Waals surface area contributed by atoms with Crippen LogP contribution in [0.25, 0.3) is 0 Å². The minimum Gasteiger partial charge on any atom is -0.383 e. The second-order valence-corrected chi connectivity index (χ2v) is 7.63. The van der Waals surface area contributed by atoms with Crippen molar-refractivity contribution in [1.82, 2.24) is 0 Å². The van der Waals surface area contributed by atoms with Gasteiger partial charge in [0.2, 0.25) is 0 Å². The highest BCUT2D eigenvalue weighted by atomic mass is 16.1. The van der Waals surface area contributed by atoms with Crippen LogP contribution in [0.3, 0.4) is 0 Å². The Kier molecular flexibility index (Phi) is 3.88. The summed E-state index contributed by atoms with van der Waals surface area (Å²) in [5.74, 6) is 0.656. The number of Topliss-reactive ketones (excluding diaryl/α,β-unsaturated/α-hetero) is 1. The van der Waals surface area contributed by atoms with Crippen LogP contribution in [-0.2, 0) is 4.79 Å². The van der Waals surface area contributed by atoms with Gasteiger partial charge in [0.15, 0.2) is 11.6 Å². The van der Waals surface area contributed by atoms with E-state index >= 15 is 0 Å². The number of fused-ring (bicyclic) bond motifs is 4. The number of benzene rings is 2. The minimum atomic E-state index is -0.405. The summed E-state index contributed by atoms with van der Waals surface area (Å²) in [6.45, 7) is 2.02. The summed E-state index contributed by atoms with van der Waals surface area (Å²) in [6.07, 6.45) is 2.08. The number of ketones is 1. The maximum Gasteiger partial charge on any atom is 0.161 e. The van der Waals surface area contributed by atoms with Crippen LogP contribution in [-0.4, -0.2) is 11.6 Å². The van der Waals surface area contributed by atoms with Crippen LogP contribution in [0, 0.1) is 18.3 Å². The molecule has 2 aliphatic heterocycles. The number of nitrogens with zero attached hydrogens (tertiary/aromatic N) is 3. The first-order valence-corrected chi connectivity index (χ1v) is 9.81. The molecule has 0 saturated carbocycles. The molecule has 142 valence electrons. The molecule has 5 nitrogen and oxygen atoms in total. The topological polar surface area (TPSA) is 82.5 Å². The summed E-state index contributed by atoms with van der Waals surface area (Å²) < 4.78 is 0. The van der Waals surface area contributed by atoms with Crippen molar-refractivity contribution in [3.8, 4) is 6.07 Å². The van der Waals surface area contributed by atoms with Crippen LogP contribution in [0.4, 0.5) is 5.69 Å². The molecule has 2 aromatic carbocycles. The van der Waals surface area contributed by atoms with E-state index in [1.807, 2.05) is 60.4 Å². The standard InChI is InChI=1S/C24H20N4O/c1-14-7-2-3-8-15(14)21-17(13-25)24-27-23(26)16-9-4-5-10-18(16)28(24)19-11-6-12-20(29)22(19)21/h2-5,7-10,21H,6,11-12H2,1H3,(H2,26,27)/t21-/m1/s1. The predicted molar refractivity (Wildman–Crippen MR) is 112 cm³/mol. The third kappa shape index (κ3) is 2.46. The quantitative estimate of drug-likeness (QED) is 0.809. The molecule has 5 rings (SSSR count). The van der Waals surface area contributed by atoms with Crippen molar-refractivity contribution in [2.45, 2.75) is 32.1 Å². The molecule has 2 aromatic rings. The molecule has 1 aliphatic carbocycles. The van der Waals surface area contributed by atoms with Crippen LogP contribution in [0.5, 0.6) is 0 Å². The molecular weight excluding hydrogens is 360 g/mol. The Morgan fingerprint density at radius 3 is 2.69 bits per heavy atom. The largest absolute Gasteiger partial charge is 0.383 e. The van der Waals surface area contributed by atoms with E-state index in [-0.39, 0.29) is 5.78 Å². The predicted octanol–water partition coefficient (Wildman–Crippen LogP) is 4.06. The number of carbonyl (C=O) groups excluding carboxylic acids is 1. The van der Waals surface area contributed by atoms with Crippen molar-refractivity contribution in [3.05, 3.63) is 87.9 Å². The Labute approximate surface area is 169 Å². The van der Waals surface area contributed by atoms with Crippen molar-refractivity contribution in [2.24, 2.45) is 10.7 Å². The van der Waals surface area contributed by atoms with E-state index in [2.05, 4.69) is 11.1 Å². The van der Waals surface area contributed by atoms with E-state index in [4.69, 9.17) is 5.73 Å². The minimum absolute atomic E-state index is 0.117. The maximum atomic E-state index is 13.2. The zero-order valence-corrected chi connectivity index (χ0v) is 16.1. The molecule has 0 bridgehead atoms. The first-order chi connectivity index (χ1) is 14.1. The molecule has 1 atom stereocenters. The Morgan fingerprint density at radius 2 is 1.90 bits per heavy atom. The zero-order valence-electron chi connectivity index (χ0n) is 16.1. The number of hydrogen-bond donors (Lipinski definition) is 1. The Hall–Kier alpha value is -3.65. The van der Waals surface area contributed by atoms with Gasteiger partial charge in [-0.1, -0.05) is 36.4 Å². The number of aryl methyl sites for hydroxylation is 1. The monoisotopic (exact) mass is 380 g/mol. The summed E-state index contributed by atoms with van der Waals surface area (Å²) in [7, 11) is 0. The number of amidine groups is 1. The Bertz CT molecular complexity index is 1200. The normalized spacial score (nSPS) is 20.6. The SMILES string of the molecule is Cc1ccccc1[C@@H]1C(C#N)=C2N=C(N)c3ccccc3N2C2=C1C(=O)CCC2. The summed E-state index contributed by atoms with van der Waals surface area (Å²) >= 11 is 0. The van der Waals surface area contributed by atoms with Crippen LogP contribution >= 0.6 is 0 Å². The number of nitriles is 1. The van der Waals surface area contributed by atoms with Crippen molar-refractivity contribution >= 4 is 17.3 Å². The molecule has 5 heteroatoms. The lowest BCUT2D eigenvalue weighted by molar-refractivity contribution is -0.116. The molecule has 0 radical (unpaired) electrons. The molecule has 0 spiro atoms. The van der Waals surface area contributed by atoms with E-state index in [1.165, 1.54) is 0 Å². The van der Waals surface area contributed by atoms with E-state index in [0.717, 1.165) is 46.5 Å². The molecule has 0 unspecified atom stereocenters. The second kappa shape index (κ2) is 6.46. The average molecular weight is 380 g/mol. The highest BCUT2D eigenvalue weighted by Gasteiger charge is 2.43. The third-order valence-corrected chi connectivity index (χ3v) is 6.00. The number of carbonyl (C=O) groups is 1. The van der Waals surface area contributed by atoms with Gasteiger partial charge < -0.3 is 5.73 Å². The van der Waals surface area contributed by atoms with E-state index < -0.39 is 5.92 Å². The molecule has 0 fully saturated rings. The molecule has 2 N–H and O–H groups in total. The highest BCUT2D eigenvalue weighted by molar-refractivity contribution is 6.08. The second-order valence-electron chi connectivity index (χ2n) is 7.63. The molecule has 2 heterocycles. The van der Waals surface area contributed by atoms with Gasteiger partial charge in [0.25, 0.3) is 0 Å². The van der Waals surface area contributed by atoms with Gasteiger partial charge in [-0.25, -0.2) is 4.99 Å². The lowest BCUT2D eigenvalue weighted by Crippen LogP contribution is -2.39. The smallest absolute Gasteiger partial charge is 0.161 e. The van der Waals surface area contributed by atoms with Crippen LogP contribution in [0.2, 0.25) is 0 Å². The molecule has 0 saturated heterocycles. The van der Waals surface area contributed by atoms with Gasteiger partial charge in [-0.2, -0.15) is 5.26 Å². The number of aliphatic imine (C=N–C) groups is 1. The third-order valence-electron chi connectivity index (χ3n) is 6.00. The summed E-state index contributed by atoms with van der Waals surface area (Å²) in [5, 5.41) is 10.2. The lowest BCUT2D eigenvalue weighted by atomic mass is 9.74. The number of nitrogens with two attached hydrogens (primary N) is 1. The number of allylic oxidation sites excluding steroid dienone is 3. The molecule has 29 heavy (non-hydrogen) atoms. The maximum absolute atomic E-state index is 13.2. The Morgan fingerprint density at radius 1 is 1.14 bits per heavy atom. The Balaban J connectivity index is 1.86.